The maximum absolute atomic E-state index is 11.5. The second-order valence-corrected chi connectivity index (χ2v) is 5.81. The SMILES string of the molecule is NC1Cc2c([nH]c3ccc(Cl)cc23)C2(C1)OC(=O)C(=O)O2. The fraction of sp³-hybridized carbons (Fsp3) is 0.286. The summed E-state index contributed by atoms with van der Waals surface area (Å²) in [5.74, 6) is -3.43. The molecule has 0 radical (unpaired) electrons. The van der Waals surface area contributed by atoms with Gasteiger partial charge in [-0.15, -0.1) is 0 Å². The van der Waals surface area contributed by atoms with Crippen molar-refractivity contribution >= 4 is 34.4 Å². The highest BCUT2D eigenvalue weighted by Gasteiger charge is 2.55. The van der Waals surface area contributed by atoms with Crippen LogP contribution in [-0.4, -0.2) is 23.0 Å². The molecule has 6 nitrogen and oxygen atoms in total. The summed E-state index contributed by atoms with van der Waals surface area (Å²) in [5.41, 5.74) is 8.32. The molecule has 4 rings (SSSR count). The number of benzene rings is 1. The van der Waals surface area contributed by atoms with Gasteiger partial charge in [0.25, 0.3) is 0 Å². The molecular weight excluding hydrogens is 296 g/mol. The Morgan fingerprint density at radius 1 is 1.29 bits per heavy atom. The molecule has 3 N–H and O–H groups in total. The van der Waals surface area contributed by atoms with Crippen molar-refractivity contribution in [1.29, 1.82) is 0 Å². The van der Waals surface area contributed by atoms with Crippen molar-refractivity contribution in [3.63, 3.8) is 0 Å². The molecule has 0 saturated carbocycles. The molecule has 1 spiro atoms. The van der Waals surface area contributed by atoms with Gasteiger partial charge in [0.05, 0.1) is 0 Å². The Hall–Kier alpha value is -2.05. The average Bonchev–Trinajstić information content (AvgIpc) is 2.90. The lowest BCUT2D eigenvalue weighted by Crippen LogP contribution is -2.42. The molecule has 7 heteroatoms. The van der Waals surface area contributed by atoms with Gasteiger partial charge in [0.2, 0.25) is 0 Å². The second kappa shape index (κ2) is 3.99. The fourth-order valence-corrected chi connectivity index (χ4v) is 3.30. The van der Waals surface area contributed by atoms with E-state index in [1.807, 2.05) is 12.1 Å². The summed E-state index contributed by atoms with van der Waals surface area (Å²) in [5, 5.41) is 1.49. The van der Waals surface area contributed by atoms with Crippen LogP contribution in [0.3, 0.4) is 0 Å². The van der Waals surface area contributed by atoms with Crippen molar-refractivity contribution < 1.29 is 19.1 Å². The van der Waals surface area contributed by atoms with Crippen LogP contribution in [0.2, 0.25) is 5.02 Å². The number of ether oxygens (including phenoxy) is 2. The van der Waals surface area contributed by atoms with Crippen LogP contribution in [0.15, 0.2) is 18.2 Å². The van der Waals surface area contributed by atoms with Gasteiger partial charge < -0.3 is 20.2 Å². The summed E-state index contributed by atoms with van der Waals surface area (Å²) >= 11 is 6.04. The lowest BCUT2D eigenvalue weighted by Gasteiger charge is -2.32. The zero-order valence-electron chi connectivity index (χ0n) is 10.8. The lowest BCUT2D eigenvalue weighted by molar-refractivity contribution is -0.192. The van der Waals surface area contributed by atoms with Crippen LogP contribution in [0.1, 0.15) is 17.7 Å². The molecule has 1 aromatic carbocycles. The number of carbonyl (C=O) groups is 2. The largest absolute Gasteiger partial charge is 0.421 e. The molecule has 1 fully saturated rings. The number of rotatable bonds is 0. The van der Waals surface area contributed by atoms with Crippen LogP contribution < -0.4 is 5.73 Å². The Morgan fingerprint density at radius 3 is 2.71 bits per heavy atom. The molecular formula is C14H11ClN2O4. The van der Waals surface area contributed by atoms with Crippen molar-refractivity contribution in [3.8, 4) is 0 Å². The van der Waals surface area contributed by atoms with Gasteiger partial charge in [0.15, 0.2) is 0 Å². The van der Waals surface area contributed by atoms with E-state index in [2.05, 4.69) is 4.98 Å². The zero-order valence-corrected chi connectivity index (χ0v) is 11.6. The number of nitrogens with one attached hydrogen (secondary N) is 1. The number of esters is 2. The molecule has 2 heterocycles. The second-order valence-electron chi connectivity index (χ2n) is 5.37. The normalized spacial score (nSPS) is 23.2. The minimum Gasteiger partial charge on any atom is -0.408 e. The predicted octanol–water partition coefficient (Wildman–Crippen LogP) is 1.35. The van der Waals surface area contributed by atoms with E-state index in [4.69, 9.17) is 26.8 Å². The molecule has 1 aliphatic carbocycles. The molecule has 0 amide bonds. The standard InChI is InChI=1S/C14H11ClN2O4/c15-6-1-2-10-8(3-6)9-4-7(16)5-14(11(9)17-10)20-12(18)13(19)21-14/h1-3,7,17H,4-5,16H2. The van der Waals surface area contributed by atoms with E-state index < -0.39 is 17.7 Å². The maximum atomic E-state index is 11.5. The Bertz CT molecular complexity index is 782. The van der Waals surface area contributed by atoms with E-state index in [1.54, 1.807) is 6.07 Å². The van der Waals surface area contributed by atoms with Crippen LogP contribution >= 0.6 is 11.6 Å². The van der Waals surface area contributed by atoms with Crippen molar-refractivity contribution in [3.05, 3.63) is 34.5 Å². The topological polar surface area (TPSA) is 94.4 Å². The van der Waals surface area contributed by atoms with Gasteiger partial charge in [-0.1, -0.05) is 11.6 Å². The summed E-state index contributed by atoms with van der Waals surface area (Å²) in [6.07, 6.45) is 0.824. The maximum Gasteiger partial charge on any atom is 0.421 e. The number of aromatic nitrogens is 1. The first kappa shape index (κ1) is 12.7. The van der Waals surface area contributed by atoms with Gasteiger partial charge in [0, 0.05) is 28.4 Å². The highest BCUT2D eigenvalue weighted by atomic mass is 35.5. The number of hydrogen-bond acceptors (Lipinski definition) is 5. The molecule has 21 heavy (non-hydrogen) atoms. The number of carbonyl (C=O) groups excluding carboxylic acids is 2. The number of fused-ring (bicyclic) bond motifs is 4. The average molecular weight is 307 g/mol. The van der Waals surface area contributed by atoms with E-state index in [0.717, 1.165) is 16.5 Å². The molecule has 0 bridgehead atoms. The van der Waals surface area contributed by atoms with E-state index in [9.17, 15) is 9.59 Å². The Morgan fingerprint density at radius 2 is 2.00 bits per heavy atom. The summed E-state index contributed by atoms with van der Waals surface area (Å²) in [6, 6.07) is 5.12. The van der Waals surface area contributed by atoms with E-state index >= 15 is 0 Å². The molecule has 2 aliphatic rings. The first-order valence-corrected chi connectivity index (χ1v) is 6.89. The summed E-state index contributed by atoms with van der Waals surface area (Å²) in [7, 11) is 0. The van der Waals surface area contributed by atoms with Gasteiger partial charge >= 0.3 is 17.7 Å². The summed E-state index contributed by atoms with van der Waals surface area (Å²) in [6.45, 7) is 0. The van der Waals surface area contributed by atoms with Crippen molar-refractivity contribution in [2.24, 2.45) is 5.73 Å². The minimum atomic E-state index is -1.44. The summed E-state index contributed by atoms with van der Waals surface area (Å²) < 4.78 is 10.4. The molecule has 108 valence electrons. The van der Waals surface area contributed by atoms with Gasteiger partial charge in [0.1, 0.15) is 5.69 Å². The highest BCUT2D eigenvalue weighted by molar-refractivity contribution is 6.31. The van der Waals surface area contributed by atoms with Crippen molar-refractivity contribution in [1.82, 2.24) is 4.98 Å². The third-order valence-electron chi connectivity index (χ3n) is 3.93. The quantitative estimate of drug-likeness (QED) is 0.566. The van der Waals surface area contributed by atoms with Crippen LogP contribution in [0.25, 0.3) is 10.9 Å². The fourth-order valence-electron chi connectivity index (χ4n) is 3.13. The minimum absolute atomic E-state index is 0.234. The van der Waals surface area contributed by atoms with E-state index in [1.165, 1.54) is 0 Å². The molecule has 2 aromatic rings. The monoisotopic (exact) mass is 306 g/mol. The number of halogens is 1. The zero-order chi connectivity index (χ0) is 14.8. The van der Waals surface area contributed by atoms with Crippen LogP contribution in [0.4, 0.5) is 0 Å². The van der Waals surface area contributed by atoms with E-state index in [-0.39, 0.29) is 12.5 Å². The van der Waals surface area contributed by atoms with Crippen LogP contribution in [-0.2, 0) is 31.3 Å². The first-order chi connectivity index (χ1) is 9.98. The third-order valence-corrected chi connectivity index (χ3v) is 4.16. The van der Waals surface area contributed by atoms with Crippen LogP contribution in [0.5, 0.6) is 0 Å². The van der Waals surface area contributed by atoms with Crippen molar-refractivity contribution in [2.45, 2.75) is 24.7 Å². The number of aromatic amines is 1. The molecule has 1 aliphatic heterocycles. The van der Waals surface area contributed by atoms with Gasteiger partial charge in [-0.25, -0.2) is 9.59 Å². The third kappa shape index (κ3) is 1.69. The molecule has 1 atom stereocenters. The summed E-state index contributed by atoms with van der Waals surface area (Å²) in [4.78, 5) is 26.1. The first-order valence-electron chi connectivity index (χ1n) is 6.51. The lowest BCUT2D eigenvalue weighted by atomic mass is 9.87. The number of H-pyrrole nitrogens is 1. The Labute approximate surface area is 124 Å². The van der Waals surface area contributed by atoms with Crippen molar-refractivity contribution in [2.75, 3.05) is 0 Å². The Kier molecular flexibility index (Phi) is 2.41. The Balaban J connectivity index is 1.97. The molecule has 1 saturated heterocycles. The molecule has 1 unspecified atom stereocenters. The predicted molar refractivity (Wildman–Crippen MR) is 73.5 cm³/mol. The number of hydrogen-bond donors (Lipinski definition) is 2. The highest BCUT2D eigenvalue weighted by Crippen LogP contribution is 2.44. The smallest absolute Gasteiger partial charge is 0.408 e. The van der Waals surface area contributed by atoms with Gasteiger partial charge in [-0.3, -0.25) is 0 Å². The van der Waals surface area contributed by atoms with E-state index in [0.29, 0.717) is 17.1 Å². The van der Waals surface area contributed by atoms with Gasteiger partial charge in [-0.05, 0) is 30.2 Å². The van der Waals surface area contributed by atoms with Gasteiger partial charge in [-0.2, -0.15) is 0 Å². The van der Waals surface area contributed by atoms with Crippen LogP contribution in [0, 0.1) is 0 Å². The molecule has 1 aromatic heterocycles. The number of nitrogens with two attached hydrogens (primary N) is 1.